The lowest BCUT2D eigenvalue weighted by Gasteiger charge is -2.50. The van der Waals surface area contributed by atoms with Crippen LogP contribution in [-0.2, 0) is 40.5 Å². The maximum absolute atomic E-state index is 14.5. The number of hydrogen-bond donors (Lipinski definition) is 3. The van der Waals surface area contributed by atoms with Gasteiger partial charge in [0.1, 0.15) is 28.8 Å². The number of carbonyl (C=O) groups is 7. The highest BCUT2D eigenvalue weighted by molar-refractivity contribution is 8.01. The molecule has 0 aliphatic carbocycles. The van der Waals surface area contributed by atoms with Gasteiger partial charge in [-0.3, -0.25) is 34.3 Å². The number of thioether (sulfide) groups is 2. The average molecular weight is 911 g/mol. The van der Waals surface area contributed by atoms with Crippen molar-refractivity contribution in [3.8, 4) is 0 Å². The molecule has 0 unspecified atom stereocenters. The summed E-state index contributed by atoms with van der Waals surface area (Å²) in [5.74, 6) is -3.57. The zero-order valence-corrected chi connectivity index (χ0v) is 37.2. The normalized spacial score (nSPS) is 18.0. The van der Waals surface area contributed by atoms with Crippen molar-refractivity contribution >= 4 is 70.9 Å². The molecule has 7 rings (SSSR count). The fraction of sp³-hybridized carbons (Fsp3) is 0.349. The van der Waals surface area contributed by atoms with Gasteiger partial charge in [-0.2, -0.15) is 0 Å². The van der Waals surface area contributed by atoms with E-state index in [1.165, 1.54) is 62.3 Å². The number of β-lactam (4-membered cyclic amide) rings is 1. The van der Waals surface area contributed by atoms with Crippen LogP contribution in [0.3, 0.4) is 0 Å². The number of nitrogens with one attached hydrogen (secondary N) is 3. The molecular formula is C43H46N10O9S2. The second-order valence-electron chi connectivity index (χ2n) is 15.8. The highest BCUT2D eigenvalue weighted by Gasteiger charge is 2.55. The number of aryl methyl sites for hydroxylation is 1. The fourth-order valence-corrected chi connectivity index (χ4v) is 9.45. The van der Waals surface area contributed by atoms with Gasteiger partial charge in [0.2, 0.25) is 11.1 Å². The van der Waals surface area contributed by atoms with E-state index in [1.807, 2.05) is 60.7 Å². The summed E-state index contributed by atoms with van der Waals surface area (Å²) in [4.78, 5) is 98.3. The minimum absolute atomic E-state index is 0.0334. The van der Waals surface area contributed by atoms with E-state index in [-0.39, 0.29) is 42.4 Å². The Kier molecular flexibility index (Phi) is 13.7. The first-order chi connectivity index (χ1) is 30.6. The first kappa shape index (κ1) is 45.3. The molecule has 7 amide bonds. The molecule has 3 aromatic carbocycles. The van der Waals surface area contributed by atoms with Crippen LogP contribution in [0.5, 0.6) is 0 Å². The molecule has 3 atom stereocenters. The zero-order chi connectivity index (χ0) is 45.7. The second-order valence-corrected chi connectivity index (χ2v) is 17.8. The van der Waals surface area contributed by atoms with Crippen LogP contribution in [0.4, 0.5) is 15.3 Å². The third-order valence-corrected chi connectivity index (χ3v) is 12.7. The first-order valence-corrected chi connectivity index (χ1v) is 22.3. The van der Waals surface area contributed by atoms with Crippen molar-refractivity contribution in [1.82, 2.24) is 45.5 Å². The van der Waals surface area contributed by atoms with E-state index in [4.69, 9.17) is 9.47 Å². The number of imide groups is 1. The summed E-state index contributed by atoms with van der Waals surface area (Å²) in [5.41, 5.74) is 1.83. The minimum Gasteiger partial charge on any atom is -0.448 e. The Hall–Kier alpha value is -6.74. The van der Waals surface area contributed by atoms with Gasteiger partial charge in [0.05, 0.1) is 0 Å². The van der Waals surface area contributed by atoms with Crippen LogP contribution in [0.2, 0.25) is 0 Å². The Bertz CT molecular complexity index is 2420. The monoisotopic (exact) mass is 910 g/mol. The first-order valence-electron chi connectivity index (χ1n) is 20.3. The summed E-state index contributed by atoms with van der Waals surface area (Å²) >= 11 is 2.60. The molecule has 2 fully saturated rings. The number of carbonyl (C=O) groups excluding carboxylic acids is 7. The molecule has 4 aromatic rings. The number of esters is 1. The number of benzene rings is 3. The van der Waals surface area contributed by atoms with Crippen LogP contribution in [0.25, 0.3) is 0 Å². The highest BCUT2D eigenvalue weighted by atomic mass is 32.2. The van der Waals surface area contributed by atoms with E-state index in [0.29, 0.717) is 27.5 Å². The molecule has 3 aliphatic heterocycles. The van der Waals surface area contributed by atoms with Crippen molar-refractivity contribution in [1.29, 1.82) is 0 Å². The number of tetrazole rings is 1. The van der Waals surface area contributed by atoms with Gasteiger partial charge in [-0.15, -0.1) is 16.9 Å². The topological polar surface area (TPSA) is 227 Å². The van der Waals surface area contributed by atoms with Gasteiger partial charge in [0.25, 0.3) is 5.91 Å². The minimum atomic E-state index is -1.49. The molecule has 3 N–H and O–H groups in total. The average Bonchev–Trinajstić information content (AvgIpc) is 3.70. The Morgan fingerprint density at radius 1 is 0.891 bits per heavy atom. The largest absolute Gasteiger partial charge is 0.448 e. The molecule has 0 bridgehead atoms. The Labute approximate surface area is 376 Å². The lowest BCUT2D eigenvalue weighted by atomic mass is 10.00. The standard InChI is InChI=1S/C43H46N10O9S2/c1-6-51-21-22-52(37(57)36(51)56)40(59)46-30(25-17-19-29(20-18-25)44-42(60)62-43(2,3)4)34(54)45-31-35(55)53-32(28(23-63-38(31)53)24-64-41-47-48-49-50(41)5)39(58)61-33(26-13-9-7-10-14-26)27-15-11-8-12-16-27/h7-20,30-31,33,38H,6,21-24H2,1-5H3,(H,44,60)(H,45,54)(H,46,59)/t30-,31+,38-/m0/s1. The number of piperazine rings is 1. The highest BCUT2D eigenvalue weighted by Crippen LogP contribution is 2.43. The molecule has 0 saturated carbocycles. The fourth-order valence-electron chi connectivity index (χ4n) is 7.11. The van der Waals surface area contributed by atoms with Crippen molar-refractivity contribution in [2.24, 2.45) is 7.05 Å². The van der Waals surface area contributed by atoms with Crippen molar-refractivity contribution < 1.29 is 43.0 Å². The molecule has 2 saturated heterocycles. The van der Waals surface area contributed by atoms with Gasteiger partial charge in [0, 0.05) is 43.9 Å². The molecule has 19 nitrogen and oxygen atoms in total. The predicted molar refractivity (Wildman–Crippen MR) is 234 cm³/mol. The van der Waals surface area contributed by atoms with E-state index in [2.05, 4.69) is 31.5 Å². The van der Waals surface area contributed by atoms with E-state index < -0.39 is 70.9 Å². The summed E-state index contributed by atoms with van der Waals surface area (Å²) in [6.07, 6.45) is -1.53. The third-order valence-electron chi connectivity index (χ3n) is 10.3. The van der Waals surface area contributed by atoms with E-state index in [9.17, 15) is 33.6 Å². The lowest BCUT2D eigenvalue weighted by Crippen LogP contribution is -2.71. The zero-order valence-electron chi connectivity index (χ0n) is 35.5. The molecule has 334 valence electrons. The smallest absolute Gasteiger partial charge is 0.412 e. The number of hydrogen-bond acceptors (Lipinski definition) is 14. The maximum Gasteiger partial charge on any atom is 0.412 e. The van der Waals surface area contributed by atoms with Gasteiger partial charge in [-0.05, 0) is 72.5 Å². The van der Waals surface area contributed by atoms with Crippen LogP contribution in [0, 0.1) is 0 Å². The van der Waals surface area contributed by atoms with Crippen LogP contribution in [-0.4, -0.2) is 125 Å². The molecule has 1 aromatic heterocycles. The van der Waals surface area contributed by atoms with Gasteiger partial charge in [-0.1, -0.05) is 84.6 Å². The van der Waals surface area contributed by atoms with Crippen molar-refractivity contribution in [3.63, 3.8) is 0 Å². The summed E-state index contributed by atoms with van der Waals surface area (Å²) in [7, 11) is 1.68. The van der Waals surface area contributed by atoms with E-state index >= 15 is 0 Å². The number of aromatic nitrogens is 4. The Morgan fingerprint density at radius 3 is 2.14 bits per heavy atom. The Balaban J connectivity index is 1.15. The number of nitrogens with zero attached hydrogens (tertiary/aromatic N) is 7. The number of amides is 7. The van der Waals surface area contributed by atoms with Crippen LogP contribution in [0.1, 0.15) is 56.5 Å². The molecule has 3 aliphatic rings. The summed E-state index contributed by atoms with van der Waals surface area (Å²) in [5, 5.41) is 19.3. The summed E-state index contributed by atoms with van der Waals surface area (Å²) in [6.45, 7) is 7.12. The van der Waals surface area contributed by atoms with Crippen molar-refractivity contribution in [3.05, 3.63) is 113 Å². The molecule has 0 radical (unpaired) electrons. The SMILES string of the molecule is CCN1CCN(C(=O)N[C@H](C(=O)N[C@@H]2C(=O)N3C(C(=O)OC(c4ccccc4)c4ccccc4)=C(CSc4nnnn4C)CS[C@@H]23)c2ccc(NC(=O)OC(C)(C)C)cc2)C(=O)C1=O. The number of fused-ring (bicyclic) bond motifs is 1. The summed E-state index contributed by atoms with van der Waals surface area (Å²) < 4.78 is 13.1. The molecular weight excluding hydrogens is 865 g/mol. The molecule has 64 heavy (non-hydrogen) atoms. The number of ether oxygens (including phenoxy) is 2. The van der Waals surface area contributed by atoms with E-state index in [1.54, 1.807) is 34.7 Å². The number of anilines is 1. The van der Waals surface area contributed by atoms with E-state index in [0.717, 1.165) is 4.90 Å². The number of urea groups is 1. The van der Waals surface area contributed by atoms with Crippen LogP contribution < -0.4 is 16.0 Å². The number of likely N-dealkylation sites (N-methyl/N-ethyl adjacent to an activating group) is 1. The quantitative estimate of drug-likeness (QED) is 0.0752. The van der Waals surface area contributed by atoms with Gasteiger partial charge >= 0.3 is 29.9 Å². The maximum atomic E-state index is 14.5. The molecule has 0 spiro atoms. The lowest BCUT2D eigenvalue weighted by molar-refractivity contribution is -0.155. The van der Waals surface area contributed by atoms with Gasteiger partial charge < -0.3 is 25.0 Å². The van der Waals surface area contributed by atoms with Crippen LogP contribution in [0.15, 0.2) is 101 Å². The third kappa shape index (κ3) is 10.0. The summed E-state index contributed by atoms with van der Waals surface area (Å²) in [6, 6.07) is 20.7. The molecule has 4 heterocycles. The van der Waals surface area contributed by atoms with Crippen LogP contribution >= 0.6 is 23.5 Å². The van der Waals surface area contributed by atoms with Gasteiger partial charge in [0.15, 0.2) is 6.10 Å². The number of rotatable bonds is 13. The van der Waals surface area contributed by atoms with Crippen molar-refractivity contribution in [2.75, 3.05) is 36.5 Å². The Morgan fingerprint density at radius 2 is 1.55 bits per heavy atom. The van der Waals surface area contributed by atoms with Crippen molar-refractivity contribution in [2.45, 2.75) is 62.0 Å². The predicted octanol–water partition coefficient (Wildman–Crippen LogP) is 3.78. The second kappa shape index (κ2) is 19.3. The van der Waals surface area contributed by atoms with Gasteiger partial charge in [-0.25, -0.2) is 19.1 Å². The molecule has 21 heteroatoms.